The number of nitrogens with zero attached hydrogens (tertiary/aromatic N) is 2. The number of urea groups is 1. The van der Waals surface area contributed by atoms with Gasteiger partial charge in [0.2, 0.25) is 0 Å². The van der Waals surface area contributed by atoms with E-state index in [1.54, 1.807) is 24.3 Å². The van der Waals surface area contributed by atoms with Crippen molar-refractivity contribution in [3.63, 3.8) is 0 Å². The fourth-order valence-electron chi connectivity index (χ4n) is 3.59. The normalized spacial score (nSPS) is 14.5. The van der Waals surface area contributed by atoms with Gasteiger partial charge in [0.05, 0.1) is 19.8 Å². The van der Waals surface area contributed by atoms with Crippen molar-refractivity contribution in [2.75, 3.05) is 51.3 Å². The van der Waals surface area contributed by atoms with Gasteiger partial charge in [0.25, 0.3) is 0 Å². The maximum absolute atomic E-state index is 12.2. The molecule has 8 heteroatoms. The van der Waals surface area contributed by atoms with Crippen molar-refractivity contribution >= 4 is 34.2 Å². The number of hydrogen-bond acceptors (Lipinski definition) is 4. The number of ether oxygens (including phenoxy) is 2. The molecule has 2 heterocycles. The van der Waals surface area contributed by atoms with Gasteiger partial charge in [0.15, 0.2) is 0 Å². The maximum atomic E-state index is 12.2. The highest BCUT2D eigenvalue weighted by molar-refractivity contribution is 6.30. The standard InChI is InChI=1S/C23H27ClN4O3/c24-19-1-4-21(5-2-19)31-14-8-25-23(29)26-20-3-6-22-18(17-20)7-9-28(22)11-10-27-12-15-30-16-13-27/h1-7,9,17H,8,10-16H2,(H2,25,26,29). The van der Waals surface area contributed by atoms with Gasteiger partial charge in [-0.1, -0.05) is 11.6 Å². The van der Waals surface area contributed by atoms with Gasteiger partial charge < -0.3 is 24.7 Å². The average Bonchev–Trinajstić information content (AvgIpc) is 3.19. The molecular formula is C23H27ClN4O3. The molecule has 2 aromatic carbocycles. The molecule has 0 spiro atoms. The lowest BCUT2D eigenvalue weighted by Gasteiger charge is -2.26. The molecule has 1 aliphatic heterocycles. The second-order valence-electron chi connectivity index (χ2n) is 7.42. The number of hydrogen-bond donors (Lipinski definition) is 2. The van der Waals surface area contributed by atoms with Gasteiger partial charge in [-0.05, 0) is 48.5 Å². The van der Waals surface area contributed by atoms with E-state index in [-0.39, 0.29) is 6.03 Å². The summed E-state index contributed by atoms with van der Waals surface area (Å²) in [5.41, 5.74) is 1.92. The van der Waals surface area contributed by atoms with E-state index in [9.17, 15) is 4.79 Å². The Kier molecular flexibility index (Phi) is 7.30. The zero-order valence-corrected chi connectivity index (χ0v) is 18.1. The molecule has 0 bridgehead atoms. The van der Waals surface area contributed by atoms with Crippen molar-refractivity contribution in [1.29, 1.82) is 0 Å². The summed E-state index contributed by atoms with van der Waals surface area (Å²) in [6, 6.07) is 14.9. The Labute approximate surface area is 186 Å². The van der Waals surface area contributed by atoms with Gasteiger partial charge in [-0.3, -0.25) is 4.90 Å². The molecule has 1 fully saturated rings. The summed E-state index contributed by atoms with van der Waals surface area (Å²) in [6.07, 6.45) is 2.10. The van der Waals surface area contributed by atoms with Gasteiger partial charge in [0.1, 0.15) is 12.4 Å². The second kappa shape index (κ2) is 10.5. The molecule has 1 aliphatic rings. The zero-order chi connectivity index (χ0) is 21.5. The van der Waals surface area contributed by atoms with Gasteiger partial charge in [0, 0.05) is 54.0 Å². The smallest absolute Gasteiger partial charge is 0.319 e. The van der Waals surface area contributed by atoms with E-state index in [4.69, 9.17) is 21.1 Å². The fourth-order valence-corrected chi connectivity index (χ4v) is 3.71. The Morgan fingerprint density at radius 2 is 1.87 bits per heavy atom. The molecule has 4 rings (SSSR count). The molecule has 164 valence electrons. The summed E-state index contributed by atoms with van der Waals surface area (Å²) >= 11 is 5.85. The molecule has 7 nitrogen and oxygen atoms in total. The van der Waals surface area contributed by atoms with Crippen molar-refractivity contribution in [2.24, 2.45) is 0 Å². The van der Waals surface area contributed by atoms with E-state index >= 15 is 0 Å². The Hall–Kier alpha value is -2.74. The van der Waals surface area contributed by atoms with Crippen molar-refractivity contribution < 1.29 is 14.3 Å². The maximum Gasteiger partial charge on any atom is 0.319 e. The number of morpholine rings is 1. The largest absolute Gasteiger partial charge is 0.492 e. The molecule has 31 heavy (non-hydrogen) atoms. The predicted molar refractivity (Wildman–Crippen MR) is 123 cm³/mol. The molecule has 3 aromatic rings. The van der Waals surface area contributed by atoms with Crippen LogP contribution in [0.5, 0.6) is 5.75 Å². The first kappa shape index (κ1) is 21.5. The monoisotopic (exact) mass is 442 g/mol. The first-order chi connectivity index (χ1) is 15.2. The van der Waals surface area contributed by atoms with Crippen LogP contribution in [0.25, 0.3) is 10.9 Å². The average molecular weight is 443 g/mol. The van der Waals surface area contributed by atoms with Crippen LogP contribution in [0.1, 0.15) is 0 Å². The van der Waals surface area contributed by atoms with E-state index in [0.29, 0.717) is 18.2 Å². The van der Waals surface area contributed by atoms with Crippen LogP contribution >= 0.6 is 11.6 Å². The molecule has 0 aliphatic carbocycles. The number of rotatable bonds is 8. The minimum absolute atomic E-state index is 0.259. The Morgan fingerprint density at radius 3 is 2.68 bits per heavy atom. The zero-order valence-electron chi connectivity index (χ0n) is 17.4. The van der Waals surface area contributed by atoms with E-state index < -0.39 is 0 Å². The number of nitrogens with one attached hydrogen (secondary N) is 2. The molecule has 1 aromatic heterocycles. The minimum atomic E-state index is -0.259. The summed E-state index contributed by atoms with van der Waals surface area (Å²) in [4.78, 5) is 14.6. The number of benzene rings is 2. The highest BCUT2D eigenvalue weighted by Gasteiger charge is 2.11. The van der Waals surface area contributed by atoms with Crippen LogP contribution in [0, 0.1) is 0 Å². The van der Waals surface area contributed by atoms with Crippen LogP contribution in [0.3, 0.4) is 0 Å². The summed E-state index contributed by atoms with van der Waals surface area (Å²) in [7, 11) is 0. The van der Waals surface area contributed by atoms with E-state index in [0.717, 1.165) is 61.7 Å². The molecule has 0 radical (unpaired) electrons. The number of anilines is 1. The van der Waals surface area contributed by atoms with Crippen molar-refractivity contribution in [1.82, 2.24) is 14.8 Å². The molecule has 1 saturated heterocycles. The van der Waals surface area contributed by atoms with Crippen LogP contribution in [-0.4, -0.2) is 61.5 Å². The summed E-state index contributed by atoms with van der Waals surface area (Å²) in [5.74, 6) is 0.718. The molecule has 2 amide bonds. The number of fused-ring (bicyclic) bond motifs is 1. The van der Waals surface area contributed by atoms with E-state index in [2.05, 4.69) is 32.4 Å². The topological polar surface area (TPSA) is 67.8 Å². The molecule has 0 atom stereocenters. The van der Waals surface area contributed by atoms with Gasteiger partial charge in [-0.25, -0.2) is 4.79 Å². The third-order valence-corrected chi connectivity index (χ3v) is 5.51. The van der Waals surface area contributed by atoms with Crippen LogP contribution in [-0.2, 0) is 11.3 Å². The Balaban J connectivity index is 1.23. The lowest BCUT2D eigenvalue weighted by Crippen LogP contribution is -2.38. The lowest BCUT2D eigenvalue weighted by molar-refractivity contribution is 0.0365. The van der Waals surface area contributed by atoms with Crippen LogP contribution in [0.15, 0.2) is 54.7 Å². The Bertz CT molecular complexity index is 1000. The van der Waals surface area contributed by atoms with Gasteiger partial charge in [-0.15, -0.1) is 0 Å². The number of carbonyl (C=O) groups excluding carboxylic acids is 1. The molecular weight excluding hydrogens is 416 g/mol. The summed E-state index contributed by atoms with van der Waals surface area (Å²) in [5, 5.41) is 7.44. The SMILES string of the molecule is O=C(NCCOc1ccc(Cl)cc1)Nc1ccc2c(ccn2CCN2CCOCC2)c1. The van der Waals surface area contributed by atoms with Crippen molar-refractivity contribution in [3.05, 3.63) is 59.8 Å². The number of carbonyl (C=O) groups is 1. The summed E-state index contributed by atoms with van der Waals surface area (Å²) in [6.45, 7) is 6.33. The van der Waals surface area contributed by atoms with E-state index in [1.807, 2.05) is 18.2 Å². The highest BCUT2D eigenvalue weighted by Crippen LogP contribution is 2.21. The van der Waals surface area contributed by atoms with Crippen LogP contribution in [0.4, 0.5) is 10.5 Å². The fraction of sp³-hybridized carbons (Fsp3) is 0.348. The lowest BCUT2D eigenvalue weighted by atomic mass is 10.2. The Morgan fingerprint density at radius 1 is 1.06 bits per heavy atom. The highest BCUT2D eigenvalue weighted by atomic mass is 35.5. The minimum Gasteiger partial charge on any atom is -0.492 e. The van der Waals surface area contributed by atoms with Crippen molar-refractivity contribution in [2.45, 2.75) is 6.54 Å². The van der Waals surface area contributed by atoms with Gasteiger partial charge >= 0.3 is 6.03 Å². The first-order valence-electron chi connectivity index (χ1n) is 10.5. The third kappa shape index (κ3) is 6.13. The number of halogens is 1. The molecule has 2 N–H and O–H groups in total. The second-order valence-corrected chi connectivity index (χ2v) is 7.86. The molecule has 0 saturated carbocycles. The van der Waals surface area contributed by atoms with Crippen LogP contribution in [0.2, 0.25) is 5.02 Å². The summed E-state index contributed by atoms with van der Waals surface area (Å²) < 4.78 is 13.2. The third-order valence-electron chi connectivity index (χ3n) is 5.26. The van der Waals surface area contributed by atoms with E-state index in [1.165, 1.54) is 0 Å². The van der Waals surface area contributed by atoms with Gasteiger partial charge in [-0.2, -0.15) is 0 Å². The van der Waals surface area contributed by atoms with Crippen LogP contribution < -0.4 is 15.4 Å². The van der Waals surface area contributed by atoms with Crippen molar-refractivity contribution in [3.8, 4) is 5.75 Å². The number of amides is 2. The quantitative estimate of drug-likeness (QED) is 0.520. The molecule has 0 unspecified atom stereocenters. The predicted octanol–water partition coefficient (Wildman–Crippen LogP) is 3.83. The first-order valence-corrected chi connectivity index (χ1v) is 10.9. The number of aromatic nitrogens is 1.